The van der Waals surface area contributed by atoms with Crippen molar-refractivity contribution in [1.82, 2.24) is 34.9 Å². The van der Waals surface area contributed by atoms with E-state index < -0.39 is 0 Å². The Morgan fingerprint density at radius 2 is 0.514 bits per heavy atom. The molecule has 0 atom stereocenters. The van der Waals surface area contributed by atoms with Gasteiger partial charge in [0.15, 0.2) is 11.6 Å². The second kappa shape index (κ2) is 17.2. The van der Waals surface area contributed by atoms with E-state index in [2.05, 4.69) is 109 Å². The monoisotopic (exact) mass is 893 g/mol. The van der Waals surface area contributed by atoms with E-state index in [4.69, 9.17) is 34.9 Å². The number of pyridine rings is 3. The zero-order valence-electron chi connectivity index (χ0n) is 37.6. The maximum atomic E-state index is 5.48. The molecule has 0 unspecified atom stereocenters. The van der Waals surface area contributed by atoms with Gasteiger partial charge >= 0.3 is 0 Å². The van der Waals surface area contributed by atoms with E-state index in [9.17, 15) is 0 Å². The maximum absolute atomic E-state index is 5.48. The van der Waals surface area contributed by atoms with Crippen LogP contribution in [0.5, 0.6) is 0 Å². The topological polar surface area (TPSA) is 90.2 Å². The summed E-state index contributed by atoms with van der Waals surface area (Å²) in [6.45, 7) is 0. The number of hydrogen-bond donors (Lipinski definition) is 0. The molecule has 5 heterocycles. The van der Waals surface area contributed by atoms with Gasteiger partial charge in [-0.1, -0.05) is 200 Å². The third-order valence-electron chi connectivity index (χ3n) is 12.9. The molecule has 13 rings (SSSR count). The van der Waals surface area contributed by atoms with Crippen LogP contribution in [-0.2, 0) is 0 Å². The molecule has 0 N–H and O–H groups in total. The van der Waals surface area contributed by atoms with E-state index in [0.717, 1.165) is 99.5 Å². The molecule has 0 saturated carbocycles. The summed E-state index contributed by atoms with van der Waals surface area (Å²) in [5, 5.41) is 3.67. The third kappa shape index (κ3) is 7.30. The van der Waals surface area contributed by atoms with Crippen LogP contribution in [0.3, 0.4) is 0 Å². The van der Waals surface area contributed by atoms with Gasteiger partial charge in [0.2, 0.25) is 0 Å². The fourth-order valence-electron chi connectivity index (χ4n) is 9.51. The summed E-state index contributed by atoms with van der Waals surface area (Å²) in [6.07, 6.45) is 0. The summed E-state index contributed by atoms with van der Waals surface area (Å²) in [5.74, 6) is 1.16. The van der Waals surface area contributed by atoms with Crippen LogP contribution in [0, 0.1) is 0 Å². The SMILES string of the molecule is c1ccc(-c2cc(-c3ccccc3)c3ccc4c(-c5cccc(-c6nc(-c7ccccc7)nc7c6ccc6c(-c8ccccc8)cc(-c8ccccc8)nc67)n5)nc(-c5ccccc5)nc4c3n2)cc1. The Hall–Kier alpha value is -9.59. The van der Waals surface area contributed by atoms with E-state index in [1.165, 1.54) is 0 Å². The highest BCUT2D eigenvalue weighted by Gasteiger charge is 2.22. The van der Waals surface area contributed by atoms with Crippen LogP contribution in [0.15, 0.2) is 237 Å². The van der Waals surface area contributed by atoms with Crippen LogP contribution in [0.25, 0.3) is 134 Å². The first-order valence-electron chi connectivity index (χ1n) is 23.3. The van der Waals surface area contributed by atoms with Crippen molar-refractivity contribution in [3.63, 3.8) is 0 Å². The van der Waals surface area contributed by atoms with Gasteiger partial charge in [0.1, 0.15) is 22.4 Å². The van der Waals surface area contributed by atoms with Crippen molar-refractivity contribution in [3.05, 3.63) is 237 Å². The van der Waals surface area contributed by atoms with E-state index in [1.54, 1.807) is 0 Å². The normalized spacial score (nSPS) is 11.4. The summed E-state index contributed by atoms with van der Waals surface area (Å²) in [5.41, 5.74) is 15.7. The van der Waals surface area contributed by atoms with E-state index in [0.29, 0.717) is 34.4 Å². The third-order valence-corrected chi connectivity index (χ3v) is 12.9. The smallest absolute Gasteiger partial charge is 0.160 e. The lowest BCUT2D eigenvalue weighted by Crippen LogP contribution is -2.01. The molecule has 7 heteroatoms. The van der Waals surface area contributed by atoms with Crippen molar-refractivity contribution in [3.8, 4) is 90.3 Å². The van der Waals surface area contributed by atoms with E-state index in [-0.39, 0.29) is 0 Å². The average Bonchev–Trinajstić information content (AvgIpc) is 3.45. The van der Waals surface area contributed by atoms with Crippen molar-refractivity contribution in [2.24, 2.45) is 0 Å². The van der Waals surface area contributed by atoms with Crippen LogP contribution < -0.4 is 0 Å². The van der Waals surface area contributed by atoms with Crippen LogP contribution in [0.4, 0.5) is 0 Å². The number of benzene rings is 8. The predicted octanol–water partition coefficient (Wildman–Crippen LogP) is 15.4. The molecule has 0 radical (unpaired) electrons. The van der Waals surface area contributed by atoms with Gasteiger partial charge in [-0.25, -0.2) is 34.9 Å². The van der Waals surface area contributed by atoms with Gasteiger partial charge in [-0.05, 0) is 58.7 Å². The highest BCUT2D eigenvalue weighted by molar-refractivity contribution is 6.14. The summed E-state index contributed by atoms with van der Waals surface area (Å²) < 4.78 is 0. The molecule has 0 spiro atoms. The molecule has 0 fully saturated rings. The van der Waals surface area contributed by atoms with Crippen molar-refractivity contribution in [2.75, 3.05) is 0 Å². The fourth-order valence-corrected chi connectivity index (χ4v) is 9.51. The second-order valence-electron chi connectivity index (χ2n) is 17.2. The first kappa shape index (κ1) is 40.7. The molecular weight excluding hydrogens is 855 g/mol. The zero-order valence-corrected chi connectivity index (χ0v) is 37.6. The highest BCUT2D eigenvalue weighted by Crippen LogP contribution is 2.41. The molecule has 8 aromatic carbocycles. The predicted molar refractivity (Wildman–Crippen MR) is 285 cm³/mol. The quantitative estimate of drug-likeness (QED) is 0.140. The van der Waals surface area contributed by atoms with E-state index >= 15 is 0 Å². The molecule has 5 aromatic heterocycles. The first-order valence-corrected chi connectivity index (χ1v) is 23.3. The molecule has 0 aliphatic rings. The molecule has 7 nitrogen and oxygen atoms in total. The second-order valence-corrected chi connectivity index (χ2v) is 17.2. The molecule has 0 saturated heterocycles. The standard InChI is InChI=1S/C63H39N7/c1-7-20-40(21-8-1)50-38-54(42-24-11-3-12-25-42)65-58-46(50)34-36-48-56(67-62(69-60(48)58)44-28-15-5-16-29-44)52-32-19-33-53(64-52)57-49-37-35-47-51(41-22-9-2-10-23-41)39-55(43-26-13-4-14-27-43)66-59(47)61(49)70-63(68-57)45-30-17-6-18-31-45/h1-39H. The number of fused-ring (bicyclic) bond motifs is 6. The van der Waals surface area contributed by atoms with Crippen molar-refractivity contribution >= 4 is 43.6 Å². The van der Waals surface area contributed by atoms with Crippen LogP contribution in [0.2, 0.25) is 0 Å². The number of nitrogens with zero attached hydrogens (tertiary/aromatic N) is 7. The van der Waals surface area contributed by atoms with E-state index in [1.807, 2.05) is 127 Å². The number of rotatable bonds is 8. The molecule has 0 bridgehead atoms. The Bertz CT molecular complexity index is 3810. The molecule has 0 aliphatic carbocycles. The van der Waals surface area contributed by atoms with Gasteiger partial charge in [-0.2, -0.15) is 0 Å². The number of hydrogen-bond acceptors (Lipinski definition) is 7. The summed E-state index contributed by atoms with van der Waals surface area (Å²) in [4.78, 5) is 37.7. The van der Waals surface area contributed by atoms with Gasteiger partial charge < -0.3 is 0 Å². The fraction of sp³-hybridized carbons (Fsp3) is 0. The van der Waals surface area contributed by atoms with Crippen molar-refractivity contribution in [2.45, 2.75) is 0 Å². The van der Waals surface area contributed by atoms with Crippen LogP contribution in [-0.4, -0.2) is 34.9 Å². The van der Waals surface area contributed by atoms with Gasteiger partial charge in [0, 0.05) is 43.8 Å². The molecule has 326 valence electrons. The van der Waals surface area contributed by atoms with Crippen LogP contribution >= 0.6 is 0 Å². The lowest BCUT2D eigenvalue weighted by atomic mass is 9.96. The Balaban J connectivity index is 1.07. The Labute approximate surface area is 403 Å². The Kier molecular flexibility index (Phi) is 10.0. The number of aromatic nitrogens is 7. The maximum Gasteiger partial charge on any atom is 0.160 e. The van der Waals surface area contributed by atoms with Gasteiger partial charge in [-0.3, -0.25) is 0 Å². The van der Waals surface area contributed by atoms with Crippen molar-refractivity contribution in [1.29, 1.82) is 0 Å². The zero-order chi connectivity index (χ0) is 46.4. The largest absolute Gasteiger partial charge is 0.245 e. The van der Waals surface area contributed by atoms with Crippen LogP contribution in [0.1, 0.15) is 0 Å². The molecule has 0 amide bonds. The lowest BCUT2D eigenvalue weighted by molar-refractivity contribution is 1.18. The lowest BCUT2D eigenvalue weighted by Gasteiger charge is -2.16. The summed E-state index contributed by atoms with van der Waals surface area (Å²) in [7, 11) is 0. The highest BCUT2D eigenvalue weighted by atomic mass is 14.9. The first-order chi connectivity index (χ1) is 34.7. The van der Waals surface area contributed by atoms with Crippen molar-refractivity contribution < 1.29 is 0 Å². The molecule has 70 heavy (non-hydrogen) atoms. The molecular formula is C63H39N7. The van der Waals surface area contributed by atoms with Gasteiger partial charge in [0.25, 0.3) is 0 Å². The molecule has 13 aromatic rings. The minimum absolute atomic E-state index is 0.579. The summed E-state index contributed by atoms with van der Waals surface area (Å²) in [6, 6.07) is 80.8. The minimum Gasteiger partial charge on any atom is -0.245 e. The minimum atomic E-state index is 0.579. The van der Waals surface area contributed by atoms with Gasteiger partial charge in [-0.15, -0.1) is 0 Å². The average molecular weight is 894 g/mol. The summed E-state index contributed by atoms with van der Waals surface area (Å²) >= 11 is 0. The Morgan fingerprint density at radius 1 is 0.200 bits per heavy atom. The Morgan fingerprint density at radius 3 is 0.886 bits per heavy atom. The molecule has 0 aliphatic heterocycles. The van der Waals surface area contributed by atoms with Gasteiger partial charge in [0.05, 0.1) is 33.8 Å².